The maximum atomic E-state index is 12.7. The van der Waals surface area contributed by atoms with Gasteiger partial charge in [-0.1, -0.05) is 6.07 Å². The van der Waals surface area contributed by atoms with E-state index < -0.39 is 129 Å². The lowest BCUT2D eigenvalue weighted by molar-refractivity contribution is -0.391. The number of aliphatic hydroxyl groups excluding tert-OH is 10. The van der Waals surface area contributed by atoms with Crippen LogP contribution in [0.1, 0.15) is 5.56 Å². The van der Waals surface area contributed by atoms with Gasteiger partial charge in [-0.3, -0.25) is 0 Å². The van der Waals surface area contributed by atoms with Gasteiger partial charge in [-0.2, -0.15) is 0 Å². The molecule has 46 heavy (non-hydrogen) atoms. The number of carbonyl (C=O) groups excluding carboxylic acids is 1. The predicted molar refractivity (Wildman–Crippen MR) is 144 cm³/mol. The molecule has 3 heterocycles. The van der Waals surface area contributed by atoms with Gasteiger partial charge >= 0.3 is 5.97 Å². The molecule has 3 aliphatic heterocycles. The summed E-state index contributed by atoms with van der Waals surface area (Å²) >= 11 is 0. The van der Waals surface area contributed by atoms with E-state index in [2.05, 4.69) is 0 Å². The van der Waals surface area contributed by atoms with Crippen molar-refractivity contribution in [3.8, 4) is 11.5 Å². The maximum Gasteiger partial charge on any atom is 0.333 e. The Morgan fingerprint density at radius 2 is 1.11 bits per heavy atom. The Bertz CT molecular complexity index is 1180. The van der Waals surface area contributed by atoms with Crippen LogP contribution in [0.4, 0.5) is 0 Å². The average Bonchev–Trinajstić information content (AvgIpc) is 3.04. The van der Waals surface area contributed by atoms with Crippen molar-refractivity contribution in [3.63, 3.8) is 0 Å². The molecule has 0 spiro atoms. The number of rotatable bonds is 10. The number of esters is 1. The molecular weight excluding hydrogens is 628 g/mol. The topological polar surface area (TPSA) is 315 Å². The van der Waals surface area contributed by atoms with Crippen molar-refractivity contribution >= 4 is 12.0 Å². The molecule has 12 N–H and O–H groups in total. The molecule has 19 nitrogen and oxygen atoms in total. The standard InChI is InChI=1S/C27H38O19/c28-6-12-16(34)19(37)22(40)25(41-12)45-24-21(39)18(36)14(8-30)43-27(24)46-23-20(38)17(35)13(7-29)42-26(23)44-15(33)4-2-9-1-3-10(31)11(32)5-9/h1-5,12-14,16-32,34-40H,6-8H2/t12-,13-,14-,16-,17-,18-,19+,20+,21+,22-,23-,24-,25+,26+,27+/m1/s1. The maximum absolute atomic E-state index is 12.7. The van der Waals surface area contributed by atoms with E-state index in [4.69, 9.17) is 28.4 Å². The van der Waals surface area contributed by atoms with Crippen molar-refractivity contribution < 1.29 is 94.5 Å². The van der Waals surface area contributed by atoms with E-state index >= 15 is 0 Å². The summed E-state index contributed by atoms with van der Waals surface area (Å²) in [6.45, 7) is -2.55. The van der Waals surface area contributed by atoms with Crippen LogP contribution in [0.2, 0.25) is 0 Å². The van der Waals surface area contributed by atoms with Crippen molar-refractivity contribution in [1.29, 1.82) is 0 Å². The number of benzene rings is 1. The Hall–Kier alpha value is -2.57. The molecule has 0 saturated carbocycles. The Kier molecular flexibility index (Phi) is 12.3. The molecule has 1 aromatic carbocycles. The number of ether oxygens (including phenoxy) is 6. The molecule has 3 fully saturated rings. The van der Waals surface area contributed by atoms with Crippen LogP contribution in [0.3, 0.4) is 0 Å². The van der Waals surface area contributed by atoms with Crippen LogP contribution in [-0.4, -0.2) is 179 Å². The van der Waals surface area contributed by atoms with E-state index in [1.54, 1.807) is 0 Å². The lowest BCUT2D eigenvalue weighted by Crippen LogP contribution is -2.67. The van der Waals surface area contributed by atoms with Crippen molar-refractivity contribution in [2.24, 2.45) is 0 Å². The zero-order valence-electron chi connectivity index (χ0n) is 23.9. The Morgan fingerprint density at radius 1 is 0.630 bits per heavy atom. The Labute approximate surface area is 260 Å². The number of hydrogen-bond donors (Lipinski definition) is 12. The van der Waals surface area contributed by atoms with Crippen LogP contribution in [0, 0.1) is 0 Å². The van der Waals surface area contributed by atoms with Gasteiger partial charge in [0.25, 0.3) is 0 Å². The first-order valence-corrected chi connectivity index (χ1v) is 14.1. The number of carbonyl (C=O) groups is 1. The van der Waals surface area contributed by atoms with Gasteiger partial charge in [-0.05, 0) is 23.8 Å². The third-order valence-corrected chi connectivity index (χ3v) is 7.72. The number of aliphatic hydroxyl groups is 10. The Morgan fingerprint density at radius 3 is 1.65 bits per heavy atom. The van der Waals surface area contributed by atoms with E-state index in [9.17, 15) is 66.1 Å². The third kappa shape index (κ3) is 7.76. The molecule has 4 rings (SSSR count). The monoisotopic (exact) mass is 666 g/mol. The second-order valence-electron chi connectivity index (χ2n) is 10.8. The fourth-order valence-corrected chi connectivity index (χ4v) is 5.06. The molecule has 3 saturated heterocycles. The van der Waals surface area contributed by atoms with E-state index in [0.717, 1.165) is 18.2 Å². The summed E-state index contributed by atoms with van der Waals surface area (Å²) in [4.78, 5) is 12.7. The molecule has 0 amide bonds. The predicted octanol–water partition coefficient (Wildman–Crippen LogP) is -5.90. The summed E-state index contributed by atoms with van der Waals surface area (Å²) in [5.74, 6) is -1.99. The quantitative estimate of drug-likeness (QED) is 0.0628. The molecule has 260 valence electrons. The first kappa shape index (κ1) is 36.3. The van der Waals surface area contributed by atoms with E-state index in [-0.39, 0.29) is 5.56 Å². The van der Waals surface area contributed by atoms with Crippen LogP contribution in [0.25, 0.3) is 6.08 Å². The van der Waals surface area contributed by atoms with Gasteiger partial charge < -0.3 is 89.7 Å². The Balaban J connectivity index is 1.58. The third-order valence-electron chi connectivity index (χ3n) is 7.72. The summed E-state index contributed by atoms with van der Waals surface area (Å²) in [5, 5.41) is 121. The highest BCUT2D eigenvalue weighted by Crippen LogP contribution is 2.33. The molecule has 0 aromatic heterocycles. The van der Waals surface area contributed by atoms with E-state index in [1.165, 1.54) is 12.1 Å². The summed E-state index contributed by atoms with van der Waals surface area (Å²) < 4.78 is 32.8. The highest BCUT2D eigenvalue weighted by molar-refractivity contribution is 5.87. The smallest absolute Gasteiger partial charge is 0.333 e. The van der Waals surface area contributed by atoms with Crippen LogP contribution in [-0.2, 0) is 33.2 Å². The lowest BCUT2D eigenvalue weighted by atomic mass is 9.96. The largest absolute Gasteiger partial charge is 0.504 e. The number of aromatic hydroxyl groups is 2. The highest BCUT2D eigenvalue weighted by Gasteiger charge is 2.54. The first-order valence-electron chi connectivity index (χ1n) is 14.1. The molecule has 0 aliphatic carbocycles. The minimum atomic E-state index is -1.98. The minimum Gasteiger partial charge on any atom is -0.504 e. The minimum absolute atomic E-state index is 0.264. The number of phenols is 2. The van der Waals surface area contributed by atoms with Gasteiger partial charge in [0.2, 0.25) is 6.29 Å². The van der Waals surface area contributed by atoms with E-state index in [1.807, 2.05) is 0 Å². The van der Waals surface area contributed by atoms with Crippen molar-refractivity contribution in [2.75, 3.05) is 19.8 Å². The second kappa shape index (κ2) is 15.6. The number of phenolic OH excluding ortho intramolecular Hbond substituents is 2. The summed E-state index contributed by atoms with van der Waals surface area (Å²) in [7, 11) is 0. The average molecular weight is 667 g/mol. The zero-order valence-corrected chi connectivity index (χ0v) is 23.9. The van der Waals surface area contributed by atoms with Gasteiger partial charge in [0.05, 0.1) is 19.8 Å². The van der Waals surface area contributed by atoms with Gasteiger partial charge in [-0.25, -0.2) is 4.79 Å². The summed E-state index contributed by atoms with van der Waals surface area (Å²) in [5.41, 5.74) is 0.264. The lowest BCUT2D eigenvalue weighted by Gasteiger charge is -2.48. The second-order valence-corrected chi connectivity index (χ2v) is 10.8. The molecule has 0 bridgehead atoms. The fraction of sp³-hybridized carbons (Fsp3) is 0.667. The van der Waals surface area contributed by atoms with Crippen molar-refractivity contribution in [3.05, 3.63) is 29.8 Å². The SMILES string of the molecule is O=C(C=Cc1ccc(O)c(O)c1)O[C@@H]1O[C@H](CO)[C@@H](O)[C@H](O)[C@H]1O[C@@H]1O[C@H](CO)[C@@H](O)[C@H](O)[C@H]1O[C@@H]1O[C@H](CO)[C@@H](O)[C@H](O)[C@H]1O. The van der Waals surface area contributed by atoms with Gasteiger partial charge in [0.1, 0.15) is 67.1 Å². The summed E-state index contributed by atoms with van der Waals surface area (Å²) in [6, 6.07) is 3.66. The zero-order chi connectivity index (χ0) is 33.9. The first-order chi connectivity index (χ1) is 21.8. The highest BCUT2D eigenvalue weighted by atomic mass is 16.8. The fourth-order valence-electron chi connectivity index (χ4n) is 5.06. The van der Waals surface area contributed by atoms with Crippen LogP contribution in [0.5, 0.6) is 11.5 Å². The normalized spacial score (nSPS) is 41.8. The van der Waals surface area contributed by atoms with Crippen molar-refractivity contribution in [2.45, 2.75) is 92.1 Å². The molecule has 19 heteroatoms. The molecule has 0 radical (unpaired) electrons. The molecule has 15 atom stereocenters. The van der Waals surface area contributed by atoms with Gasteiger partial charge in [-0.15, -0.1) is 0 Å². The molecular formula is C27H38O19. The molecule has 0 unspecified atom stereocenters. The molecule has 3 aliphatic rings. The van der Waals surface area contributed by atoms with Gasteiger partial charge in [0.15, 0.2) is 30.2 Å². The van der Waals surface area contributed by atoms with Gasteiger partial charge in [0, 0.05) is 6.08 Å². The van der Waals surface area contributed by atoms with E-state index in [0.29, 0.717) is 0 Å². The molecule has 1 aromatic rings. The van der Waals surface area contributed by atoms with Crippen LogP contribution >= 0.6 is 0 Å². The van der Waals surface area contributed by atoms with Crippen LogP contribution < -0.4 is 0 Å². The van der Waals surface area contributed by atoms with Crippen LogP contribution in [0.15, 0.2) is 24.3 Å². The summed E-state index contributed by atoms with van der Waals surface area (Å²) in [6.07, 6.45) is -25.1. The number of hydrogen-bond acceptors (Lipinski definition) is 19. The van der Waals surface area contributed by atoms with Crippen molar-refractivity contribution in [1.82, 2.24) is 0 Å².